The van der Waals surface area contributed by atoms with Crippen LogP contribution in [0.15, 0.2) is 58.9 Å². The highest BCUT2D eigenvalue weighted by Crippen LogP contribution is 2.10. The van der Waals surface area contributed by atoms with Crippen LogP contribution in [0.25, 0.3) is 17.6 Å². The smallest absolute Gasteiger partial charge is 0.277 e. The quantitative estimate of drug-likeness (QED) is 0.650. The van der Waals surface area contributed by atoms with Gasteiger partial charge in [-0.1, -0.05) is 35.9 Å². The number of aromatic nitrogens is 4. The third-order valence-corrected chi connectivity index (χ3v) is 5.18. The Morgan fingerprint density at radius 3 is 2.57 bits per heavy atom. The van der Waals surface area contributed by atoms with Crippen molar-refractivity contribution in [1.82, 2.24) is 24.1 Å². The highest BCUT2D eigenvalue weighted by Gasteiger charge is 2.13. The zero-order chi connectivity index (χ0) is 20.1. The lowest BCUT2D eigenvalue weighted by atomic mass is 10.2. The predicted molar refractivity (Wildman–Crippen MR) is 108 cm³/mol. The first-order chi connectivity index (χ1) is 13.4. The van der Waals surface area contributed by atoms with Crippen LogP contribution >= 0.6 is 0 Å². The summed E-state index contributed by atoms with van der Waals surface area (Å²) in [5, 5.41) is 5.36. The number of pyridine rings is 1. The van der Waals surface area contributed by atoms with Gasteiger partial charge in [-0.3, -0.25) is 9.55 Å². The Morgan fingerprint density at radius 1 is 1.14 bits per heavy atom. The molecule has 146 valence electrons. The zero-order valence-corrected chi connectivity index (χ0v) is 16.4. The Bertz CT molecular complexity index is 1130. The van der Waals surface area contributed by atoms with E-state index in [0.29, 0.717) is 11.5 Å². The summed E-state index contributed by atoms with van der Waals surface area (Å²) < 4.78 is 29.3. The molecule has 0 aliphatic heterocycles. The largest absolute Gasteiger partial charge is 0.346 e. The molecular formula is C19H21N5O3S. The lowest BCUT2D eigenvalue weighted by molar-refractivity contribution is 0.556. The summed E-state index contributed by atoms with van der Waals surface area (Å²) in [6.07, 6.45) is 3.14. The molecule has 2 heterocycles. The summed E-state index contributed by atoms with van der Waals surface area (Å²) in [5.74, 6) is 0.424. The van der Waals surface area contributed by atoms with Crippen molar-refractivity contribution < 1.29 is 8.42 Å². The van der Waals surface area contributed by atoms with Gasteiger partial charge in [0.15, 0.2) is 5.82 Å². The van der Waals surface area contributed by atoms with Crippen LogP contribution in [-0.4, -0.2) is 34.3 Å². The van der Waals surface area contributed by atoms with Gasteiger partial charge in [0.2, 0.25) is 10.0 Å². The summed E-state index contributed by atoms with van der Waals surface area (Å²) in [6.45, 7) is 2.11. The van der Waals surface area contributed by atoms with E-state index >= 15 is 0 Å². The monoisotopic (exact) mass is 399 g/mol. The first-order valence-corrected chi connectivity index (χ1v) is 10.2. The predicted octanol–water partition coefficient (Wildman–Crippen LogP) is 1.54. The van der Waals surface area contributed by atoms with E-state index in [1.807, 2.05) is 31.2 Å². The van der Waals surface area contributed by atoms with E-state index < -0.39 is 10.0 Å². The molecule has 0 radical (unpaired) electrons. The maximum atomic E-state index is 12.3. The van der Waals surface area contributed by atoms with Crippen molar-refractivity contribution in [2.45, 2.75) is 13.5 Å². The Labute approximate surface area is 163 Å². The Hall–Kier alpha value is -3.04. The van der Waals surface area contributed by atoms with E-state index in [9.17, 15) is 13.2 Å². The molecule has 0 atom stereocenters. The van der Waals surface area contributed by atoms with Gasteiger partial charge in [-0.15, -0.1) is 5.10 Å². The van der Waals surface area contributed by atoms with Gasteiger partial charge in [-0.2, -0.15) is 0 Å². The molecule has 0 aliphatic carbocycles. The van der Waals surface area contributed by atoms with Gasteiger partial charge in [-0.05, 0) is 30.7 Å². The van der Waals surface area contributed by atoms with Crippen LogP contribution in [0.1, 0.15) is 11.1 Å². The molecule has 28 heavy (non-hydrogen) atoms. The number of benzene rings is 1. The average Bonchev–Trinajstić information content (AvgIpc) is 2.97. The Balaban J connectivity index is 1.64. The van der Waals surface area contributed by atoms with Gasteiger partial charge in [0.25, 0.3) is 0 Å². The van der Waals surface area contributed by atoms with Crippen LogP contribution in [0.2, 0.25) is 0 Å². The molecular weight excluding hydrogens is 378 g/mol. The molecule has 0 amide bonds. The fraction of sp³-hybridized carbons (Fsp3) is 0.211. The fourth-order valence-corrected chi connectivity index (χ4v) is 3.35. The second kappa shape index (κ2) is 8.32. The molecule has 0 bridgehead atoms. The van der Waals surface area contributed by atoms with E-state index in [2.05, 4.69) is 14.8 Å². The fourth-order valence-electron chi connectivity index (χ4n) is 2.54. The summed E-state index contributed by atoms with van der Waals surface area (Å²) in [6, 6.07) is 12.8. The summed E-state index contributed by atoms with van der Waals surface area (Å²) >= 11 is 0. The van der Waals surface area contributed by atoms with Crippen molar-refractivity contribution in [2.24, 2.45) is 7.05 Å². The number of sulfonamides is 1. The van der Waals surface area contributed by atoms with Crippen molar-refractivity contribution >= 4 is 16.1 Å². The molecule has 3 aromatic rings. The molecule has 3 rings (SSSR count). The molecule has 1 aromatic carbocycles. The Kier molecular flexibility index (Phi) is 5.86. The number of hydrogen-bond acceptors (Lipinski definition) is 5. The lowest BCUT2D eigenvalue weighted by Crippen LogP contribution is -2.30. The van der Waals surface area contributed by atoms with Crippen LogP contribution in [0.3, 0.4) is 0 Å². The first kappa shape index (κ1) is 19.7. The molecule has 2 aromatic heterocycles. The molecule has 1 N–H and O–H groups in total. The number of aryl methyl sites for hydroxylation is 1. The minimum absolute atomic E-state index is 0.0408. The van der Waals surface area contributed by atoms with Crippen LogP contribution < -0.4 is 10.4 Å². The van der Waals surface area contributed by atoms with Gasteiger partial charge in [-0.25, -0.2) is 22.6 Å². The van der Waals surface area contributed by atoms with Crippen LogP contribution in [0.5, 0.6) is 0 Å². The standard InChI is InChI=1S/C19H21N5O3S/c1-15-6-8-16(9-7-15)10-14-28(26,27)21-12-13-24-19(25)23(2)18(22-24)17-5-3-4-11-20-17/h3-11,14,21H,12-13H2,1-2H3/b14-10+. The summed E-state index contributed by atoms with van der Waals surface area (Å²) in [4.78, 5) is 16.5. The SMILES string of the molecule is Cc1ccc(/C=C/S(=O)(=O)NCCn2nc(-c3ccccn3)n(C)c2=O)cc1. The minimum atomic E-state index is -3.62. The van der Waals surface area contributed by atoms with Gasteiger partial charge in [0, 0.05) is 25.2 Å². The third kappa shape index (κ3) is 4.81. The number of nitrogens with one attached hydrogen (secondary N) is 1. The lowest BCUT2D eigenvalue weighted by Gasteiger charge is -2.02. The highest BCUT2D eigenvalue weighted by molar-refractivity contribution is 7.92. The molecule has 8 nitrogen and oxygen atoms in total. The molecule has 0 spiro atoms. The van der Waals surface area contributed by atoms with Crippen molar-refractivity contribution in [3.8, 4) is 11.5 Å². The zero-order valence-electron chi connectivity index (χ0n) is 15.6. The van der Waals surface area contributed by atoms with E-state index in [1.54, 1.807) is 31.4 Å². The number of hydrogen-bond donors (Lipinski definition) is 1. The van der Waals surface area contributed by atoms with Crippen LogP contribution in [0.4, 0.5) is 0 Å². The van der Waals surface area contributed by atoms with E-state index in [1.165, 1.54) is 15.3 Å². The van der Waals surface area contributed by atoms with E-state index in [4.69, 9.17) is 0 Å². The second-order valence-corrected chi connectivity index (χ2v) is 7.91. The Morgan fingerprint density at radius 2 is 1.89 bits per heavy atom. The maximum Gasteiger partial charge on any atom is 0.346 e. The van der Waals surface area contributed by atoms with Gasteiger partial charge < -0.3 is 0 Å². The van der Waals surface area contributed by atoms with Crippen LogP contribution in [-0.2, 0) is 23.6 Å². The average molecular weight is 399 g/mol. The molecule has 0 unspecified atom stereocenters. The molecule has 0 aliphatic rings. The summed E-state index contributed by atoms with van der Waals surface area (Å²) in [7, 11) is -2.02. The second-order valence-electron chi connectivity index (χ2n) is 6.26. The van der Waals surface area contributed by atoms with E-state index in [-0.39, 0.29) is 18.8 Å². The molecule has 9 heteroatoms. The van der Waals surface area contributed by atoms with Gasteiger partial charge >= 0.3 is 5.69 Å². The minimum Gasteiger partial charge on any atom is -0.277 e. The van der Waals surface area contributed by atoms with Crippen LogP contribution in [0, 0.1) is 6.92 Å². The molecule has 0 saturated carbocycles. The first-order valence-electron chi connectivity index (χ1n) is 8.65. The molecule has 0 fully saturated rings. The highest BCUT2D eigenvalue weighted by atomic mass is 32.2. The van der Waals surface area contributed by atoms with Crippen molar-refractivity contribution in [1.29, 1.82) is 0 Å². The third-order valence-electron chi connectivity index (χ3n) is 4.08. The van der Waals surface area contributed by atoms with Crippen molar-refractivity contribution in [3.05, 3.63) is 75.7 Å². The summed E-state index contributed by atoms with van der Waals surface area (Å²) in [5.41, 5.74) is 2.12. The van der Waals surface area contributed by atoms with Crippen molar-refractivity contribution in [3.63, 3.8) is 0 Å². The maximum absolute atomic E-state index is 12.3. The van der Waals surface area contributed by atoms with E-state index in [0.717, 1.165) is 16.5 Å². The van der Waals surface area contributed by atoms with Gasteiger partial charge in [0.05, 0.1) is 6.54 Å². The normalized spacial score (nSPS) is 11.9. The number of rotatable bonds is 7. The number of nitrogens with zero attached hydrogens (tertiary/aromatic N) is 4. The molecule has 0 saturated heterocycles. The van der Waals surface area contributed by atoms with Gasteiger partial charge in [0.1, 0.15) is 5.69 Å². The van der Waals surface area contributed by atoms with Crippen molar-refractivity contribution in [2.75, 3.05) is 6.54 Å². The topological polar surface area (TPSA) is 98.9 Å².